The van der Waals surface area contributed by atoms with E-state index in [9.17, 15) is 18.0 Å². The van der Waals surface area contributed by atoms with Crippen LogP contribution in [0, 0.1) is 6.92 Å². The minimum Gasteiger partial charge on any atom is -0.461 e. The van der Waals surface area contributed by atoms with Crippen molar-refractivity contribution in [2.75, 3.05) is 18.1 Å². The average molecular weight is 339 g/mol. The summed E-state index contributed by atoms with van der Waals surface area (Å²) in [5, 5.41) is 4.76. The molecule has 8 nitrogen and oxygen atoms in total. The zero-order valence-electron chi connectivity index (χ0n) is 12.8. The highest BCUT2D eigenvalue weighted by molar-refractivity contribution is 7.91. The zero-order valence-corrected chi connectivity index (χ0v) is 13.6. The Hall–Kier alpha value is -2.16. The van der Waals surface area contributed by atoms with Gasteiger partial charge in [0.05, 0.1) is 29.5 Å². The van der Waals surface area contributed by atoms with Crippen molar-refractivity contribution in [3.05, 3.63) is 27.7 Å². The summed E-state index contributed by atoms with van der Waals surface area (Å²) in [5.74, 6) is -0.571. The van der Waals surface area contributed by atoms with Crippen molar-refractivity contribution in [3.63, 3.8) is 0 Å². The Balaban J connectivity index is 2.22. The molecule has 3 rings (SSSR count). The molecule has 1 saturated heterocycles. The smallest absolute Gasteiger partial charge is 0.359 e. The largest absolute Gasteiger partial charge is 0.461 e. The molecule has 1 atom stereocenters. The molecule has 9 heteroatoms. The Bertz CT molecular complexity index is 941. The fourth-order valence-electron chi connectivity index (χ4n) is 2.92. The standard InChI is InChI=1S/C14H17N3O5S/c1-3-22-14(19)12-11-8(2)6-10(18)15-13(11)17(16-12)9-4-5-23(20,21)7-9/h6,9H,3-5,7H2,1-2H3,(H,15,18). The number of carbonyl (C=O) groups excluding carboxylic acids is 1. The fraction of sp³-hybridized carbons (Fsp3) is 0.500. The summed E-state index contributed by atoms with van der Waals surface area (Å²) in [6.45, 7) is 3.60. The summed E-state index contributed by atoms with van der Waals surface area (Å²) in [7, 11) is -3.12. The SMILES string of the molecule is CCOC(=O)c1nn(C2CCS(=O)(=O)C2)c2[nH]c(=O)cc(C)c12. The summed E-state index contributed by atoms with van der Waals surface area (Å²) in [6.07, 6.45) is 0.400. The van der Waals surface area contributed by atoms with Gasteiger partial charge in [-0.05, 0) is 25.8 Å². The molecule has 23 heavy (non-hydrogen) atoms. The molecule has 124 valence electrons. The number of hydrogen-bond acceptors (Lipinski definition) is 6. The van der Waals surface area contributed by atoms with E-state index in [4.69, 9.17) is 4.74 Å². The van der Waals surface area contributed by atoms with Crippen LogP contribution in [0.3, 0.4) is 0 Å². The molecular formula is C14H17N3O5S. The number of ether oxygens (including phenoxy) is 1. The molecular weight excluding hydrogens is 322 g/mol. The second-order valence-corrected chi connectivity index (χ2v) is 7.84. The van der Waals surface area contributed by atoms with Gasteiger partial charge in [0.1, 0.15) is 5.65 Å². The Morgan fingerprint density at radius 2 is 2.26 bits per heavy atom. The van der Waals surface area contributed by atoms with Gasteiger partial charge in [-0.25, -0.2) is 17.9 Å². The summed E-state index contributed by atoms with van der Waals surface area (Å²) < 4.78 is 29.9. The topological polar surface area (TPSA) is 111 Å². The number of nitrogens with zero attached hydrogens (tertiary/aromatic N) is 2. The van der Waals surface area contributed by atoms with Crippen LogP contribution in [-0.2, 0) is 14.6 Å². The first-order valence-electron chi connectivity index (χ1n) is 7.32. The predicted octanol–water partition coefficient (Wildman–Crippen LogP) is 0.569. The summed E-state index contributed by atoms with van der Waals surface area (Å²) in [6, 6.07) is 0.978. The number of pyridine rings is 1. The quantitative estimate of drug-likeness (QED) is 0.818. The molecule has 3 heterocycles. The van der Waals surface area contributed by atoms with Crippen LogP contribution in [0.5, 0.6) is 0 Å². The highest BCUT2D eigenvalue weighted by Crippen LogP contribution is 2.29. The molecule has 2 aromatic heterocycles. The van der Waals surface area contributed by atoms with Crippen molar-refractivity contribution < 1.29 is 17.9 Å². The van der Waals surface area contributed by atoms with Crippen LogP contribution < -0.4 is 5.56 Å². The van der Waals surface area contributed by atoms with E-state index in [1.54, 1.807) is 13.8 Å². The van der Waals surface area contributed by atoms with E-state index < -0.39 is 21.8 Å². The molecule has 2 aromatic rings. The van der Waals surface area contributed by atoms with Gasteiger partial charge in [0.2, 0.25) is 5.56 Å². The van der Waals surface area contributed by atoms with E-state index in [2.05, 4.69) is 10.1 Å². The summed E-state index contributed by atoms with van der Waals surface area (Å²) in [5.41, 5.74) is 0.728. The van der Waals surface area contributed by atoms with Crippen LogP contribution in [0.4, 0.5) is 0 Å². The van der Waals surface area contributed by atoms with Crippen molar-refractivity contribution in [2.45, 2.75) is 26.3 Å². The van der Waals surface area contributed by atoms with Crippen molar-refractivity contribution in [1.82, 2.24) is 14.8 Å². The second-order valence-electron chi connectivity index (χ2n) is 5.61. The highest BCUT2D eigenvalue weighted by Gasteiger charge is 2.33. The van der Waals surface area contributed by atoms with E-state index in [0.29, 0.717) is 23.0 Å². The lowest BCUT2D eigenvalue weighted by Crippen LogP contribution is -2.15. The van der Waals surface area contributed by atoms with E-state index >= 15 is 0 Å². The number of nitrogens with one attached hydrogen (secondary N) is 1. The molecule has 0 amide bonds. The molecule has 1 unspecified atom stereocenters. The monoisotopic (exact) mass is 339 g/mol. The minimum absolute atomic E-state index is 0.0536. The van der Waals surface area contributed by atoms with E-state index in [1.165, 1.54) is 10.7 Å². The van der Waals surface area contributed by atoms with Gasteiger partial charge >= 0.3 is 5.97 Å². The summed E-state index contributed by atoms with van der Waals surface area (Å²) in [4.78, 5) is 26.6. The Labute approximate surface area is 132 Å². The maximum atomic E-state index is 12.1. The first kappa shape index (κ1) is 15.7. The van der Waals surface area contributed by atoms with Gasteiger partial charge in [0.15, 0.2) is 15.5 Å². The fourth-order valence-corrected chi connectivity index (χ4v) is 4.62. The number of rotatable bonds is 3. The predicted molar refractivity (Wildman–Crippen MR) is 83.4 cm³/mol. The molecule has 1 aliphatic rings. The van der Waals surface area contributed by atoms with Crippen molar-refractivity contribution in [2.24, 2.45) is 0 Å². The van der Waals surface area contributed by atoms with Crippen LogP contribution >= 0.6 is 0 Å². The maximum Gasteiger partial charge on any atom is 0.359 e. The molecule has 0 aromatic carbocycles. The van der Waals surface area contributed by atoms with Crippen LogP contribution in [0.1, 0.15) is 35.4 Å². The van der Waals surface area contributed by atoms with Gasteiger partial charge in [0, 0.05) is 6.07 Å². The van der Waals surface area contributed by atoms with Gasteiger partial charge in [0.25, 0.3) is 0 Å². The van der Waals surface area contributed by atoms with Crippen molar-refractivity contribution >= 4 is 26.8 Å². The number of esters is 1. The van der Waals surface area contributed by atoms with E-state index in [-0.39, 0.29) is 29.4 Å². The Morgan fingerprint density at radius 3 is 2.87 bits per heavy atom. The van der Waals surface area contributed by atoms with Gasteiger partial charge in [-0.2, -0.15) is 5.10 Å². The number of H-pyrrole nitrogens is 1. The van der Waals surface area contributed by atoms with Crippen LogP contribution in [0.2, 0.25) is 0 Å². The maximum absolute atomic E-state index is 12.1. The lowest BCUT2D eigenvalue weighted by atomic mass is 10.1. The number of aryl methyl sites for hydroxylation is 1. The highest BCUT2D eigenvalue weighted by atomic mass is 32.2. The minimum atomic E-state index is -3.12. The molecule has 1 fully saturated rings. The Kier molecular flexibility index (Phi) is 3.75. The normalized spacial score (nSPS) is 20.0. The summed E-state index contributed by atoms with van der Waals surface area (Å²) >= 11 is 0. The average Bonchev–Trinajstić information content (AvgIpc) is 2.99. The van der Waals surface area contributed by atoms with E-state index in [0.717, 1.165) is 0 Å². The van der Waals surface area contributed by atoms with Crippen molar-refractivity contribution in [3.8, 4) is 0 Å². The third-order valence-corrected chi connectivity index (χ3v) is 5.67. The van der Waals surface area contributed by atoms with Gasteiger partial charge in [-0.3, -0.25) is 4.79 Å². The van der Waals surface area contributed by atoms with Crippen LogP contribution in [0.15, 0.2) is 10.9 Å². The van der Waals surface area contributed by atoms with Crippen LogP contribution in [0.25, 0.3) is 11.0 Å². The number of aromatic amines is 1. The lowest BCUT2D eigenvalue weighted by Gasteiger charge is -2.09. The molecule has 0 bridgehead atoms. The first-order chi connectivity index (χ1) is 10.8. The molecule has 0 aliphatic carbocycles. The number of hydrogen-bond donors (Lipinski definition) is 1. The molecule has 0 radical (unpaired) electrons. The van der Waals surface area contributed by atoms with Gasteiger partial charge in [-0.1, -0.05) is 0 Å². The van der Waals surface area contributed by atoms with Crippen LogP contribution in [-0.4, -0.2) is 47.3 Å². The molecule has 1 N–H and O–H groups in total. The van der Waals surface area contributed by atoms with Gasteiger partial charge < -0.3 is 9.72 Å². The third-order valence-electron chi connectivity index (χ3n) is 3.92. The molecule has 0 spiro atoms. The molecule has 0 saturated carbocycles. The van der Waals surface area contributed by atoms with Gasteiger partial charge in [-0.15, -0.1) is 0 Å². The van der Waals surface area contributed by atoms with Crippen molar-refractivity contribution in [1.29, 1.82) is 0 Å². The molecule has 1 aliphatic heterocycles. The number of fused-ring (bicyclic) bond motifs is 1. The number of sulfone groups is 1. The first-order valence-corrected chi connectivity index (χ1v) is 9.14. The number of carbonyl (C=O) groups is 1. The second kappa shape index (κ2) is 5.48. The third kappa shape index (κ3) is 2.76. The lowest BCUT2D eigenvalue weighted by molar-refractivity contribution is 0.0520. The number of aromatic nitrogens is 3. The zero-order chi connectivity index (χ0) is 16.8. The Morgan fingerprint density at radius 1 is 1.52 bits per heavy atom. The van der Waals surface area contributed by atoms with E-state index in [1.807, 2.05) is 0 Å².